The zero-order valence-corrected chi connectivity index (χ0v) is 10.6. The van der Waals surface area contributed by atoms with Crippen molar-refractivity contribution in [1.29, 1.82) is 0 Å². The first-order chi connectivity index (χ1) is 7.09. The summed E-state index contributed by atoms with van der Waals surface area (Å²) >= 11 is 0. The van der Waals surface area contributed by atoms with E-state index in [0.29, 0.717) is 5.92 Å². The fraction of sp³-hybridized carbons (Fsp3) is 0.846. The number of nitrogens with one attached hydrogen (secondary N) is 1. The Bertz CT molecular complexity index is 191. The first-order valence-electron chi connectivity index (χ1n) is 6.20. The van der Waals surface area contributed by atoms with E-state index in [9.17, 15) is 0 Å². The van der Waals surface area contributed by atoms with Gasteiger partial charge in [-0.1, -0.05) is 20.4 Å². The van der Waals surface area contributed by atoms with Gasteiger partial charge in [0.05, 0.1) is 0 Å². The molecule has 1 N–H and O–H groups in total. The summed E-state index contributed by atoms with van der Waals surface area (Å²) < 4.78 is 0. The molecule has 0 aromatic rings. The molecule has 88 valence electrons. The van der Waals surface area contributed by atoms with Gasteiger partial charge in [0, 0.05) is 18.2 Å². The molecule has 1 saturated heterocycles. The van der Waals surface area contributed by atoms with E-state index < -0.39 is 0 Å². The van der Waals surface area contributed by atoms with Crippen LogP contribution in [0.4, 0.5) is 0 Å². The Morgan fingerprint density at radius 3 is 2.53 bits per heavy atom. The summed E-state index contributed by atoms with van der Waals surface area (Å²) in [5, 5.41) is 3.49. The number of piperidine rings is 1. The monoisotopic (exact) mass is 210 g/mol. The van der Waals surface area contributed by atoms with Crippen molar-refractivity contribution in [2.75, 3.05) is 26.7 Å². The molecule has 0 aliphatic carbocycles. The van der Waals surface area contributed by atoms with Gasteiger partial charge < -0.3 is 10.2 Å². The fourth-order valence-corrected chi connectivity index (χ4v) is 2.02. The molecule has 0 amide bonds. The van der Waals surface area contributed by atoms with Gasteiger partial charge in [0.25, 0.3) is 0 Å². The molecule has 0 spiro atoms. The van der Waals surface area contributed by atoms with Crippen molar-refractivity contribution >= 4 is 0 Å². The summed E-state index contributed by atoms with van der Waals surface area (Å²) in [6, 6.07) is 0. The third-order valence-electron chi connectivity index (χ3n) is 3.29. The molecule has 0 atom stereocenters. The summed E-state index contributed by atoms with van der Waals surface area (Å²) in [6.45, 7) is 12.2. The largest absolute Gasteiger partial charge is 0.389 e. The van der Waals surface area contributed by atoms with Gasteiger partial charge in [-0.3, -0.25) is 0 Å². The van der Waals surface area contributed by atoms with E-state index in [1.165, 1.54) is 38.0 Å². The molecular weight excluding hydrogens is 184 g/mol. The second-order valence-electron chi connectivity index (χ2n) is 5.21. The van der Waals surface area contributed by atoms with Crippen molar-refractivity contribution in [3.63, 3.8) is 0 Å². The van der Waals surface area contributed by atoms with Crippen LogP contribution in [0.25, 0.3) is 0 Å². The van der Waals surface area contributed by atoms with E-state index >= 15 is 0 Å². The molecule has 0 unspecified atom stereocenters. The molecule has 1 aliphatic rings. The smallest absolute Gasteiger partial charge is 0.0146 e. The lowest BCUT2D eigenvalue weighted by atomic mass is 9.94. The van der Waals surface area contributed by atoms with Gasteiger partial charge in [-0.25, -0.2) is 0 Å². The zero-order chi connectivity index (χ0) is 11.3. The standard InChI is InChI=1S/C13H26N2/c1-11(2)5-8-14-12(3)13-6-9-15(4)10-7-13/h11,13-14H,3,5-10H2,1-2,4H3. The van der Waals surface area contributed by atoms with Crippen LogP contribution in [0.2, 0.25) is 0 Å². The molecule has 0 bridgehead atoms. The van der Waals surface area contributed by atoms with Crippen LogP contribution < -0.4 is 5.32 Å². The maximum atomic E-state index is 4.17. The van der Waals surface area contributed by atoms with Crippen LogP contribution >= 0.6 is 0 Å². The number of allylic oxidation sites excluding steroid dienone is 1. The lowest BCUT2D eigenvalue weighted by molar-refractivity contribution is 0.233. The van der Waals surface area contributed by atoms with E-state index in [2.05, 4.69) is 37.7 Å². The predicted molar refractivity (Wildman–Crippen MR) is 66.8 cm³/mol. The molecule has 1 fully saturated rings. The van der Waals surface area contributed by atoms with Gasteiger partial charge in [0.15, 0.2) is 0 Å². The Morgan fingerprint density at radius 2 is 2.00 bits per heavy atom. The summed E-state index contributed by atoms with van der Waals surface area (Å²) in [5.41, 5.74) is 1.27. The molecule has 0 aromatic heterocycles. The number of nitrogens with zero attached hydrogens (tertiary/aromatic N) is 1. The predicted octanol–water partition coefficient (Wildman–Crippen LogP) is 2.48. The molecule has 1 aliphatic heterocycles. The molecule has 0 saturated carbocycles. The van der Waals surface area contributed by atoms with Gasteiger partial charge in [-0.2, -0.15) is 0 Å². The van der Waals surface area contributed by atoms with Crippen LogP contribution in [0, 0.1) is 11.8 Å². The molecule has 0 radical (unpaired) electrons. The summed E-state index contributed by atoms with van der Waals surface area (Å²) in [6.07, 6.45) is 3.78. The highest BCUT2D eigenvalue weighted by Crippen LogP contribution is 2.21. The quantitative estimate of drug-likeness (QED) is 0.750. The number of likely N-dealkylation sites (tertiary alicyclic amines) is 1. The van der Waals surface area contributed by atoms with Crippen molar-refractivity contribution in [3.05, 3.63) is 12.3 Å². The fourth-order valence-electron chi connectivity index (χ4n) is 2.02. The minimum atomic E-state index is 0.702. The second kappa shape index (κ2) is 6.16. The molecular formula is C13H26N2. The summed E-state index contributed by atoms with van der Waals surface area (Å²) in [4.78, 5) is 2.40. The highest BCUT2D eigenvalue weighted by atomic mass is 15.1. The molecule has 2 heteroatoms. The topological polar surface area (TPSA) is 15.3 Å². The lowest BCUT2D eigenvalue weighted by Crippen LogP contribution is -2.33. The molecule has 1 rings (SSSR count). The molecule has 2 nitrogen and oxygen atoms in total. The number of hydrogen-bond acceptors (Lipinski definition) is 2. The molecule has 1 heterocycles. The van der Waals surface area contributed by atoms with Crippen molar-refractivity contribution < 1.29 is 0 Å². The van der Waals surface area contributed by atoms with Crippen LogP contribution in [0.15, 0.2) is 12.3 Å². The maximum absolute atomic E-state index is 4.17. The minimum Gasteiger partial charge on any atom is -0.389 e. The van der Waals surface area contributed by atoms with Gasteiger partial charge in [-0.15, -0.1) is 0 Å². The third-order valence-corrected chi connectivity index (χ3v) is 3.29. The van der Waals surface area contributed by atoms with Crippen molar-refractivity contribution in [2.45, 2.75) is 33.1 Å². The van der Waals surface area contributed by atoms with Gasteiger partial charge in [0.1, 0.15) is 0 Å². The van der Waals surface area contributed by atoms with Crippen LogP contribution in [0.5, 0.6) is 0 Å². The summed E-state index contributed by atoms with van der Waals surface area (Å²) in [5.74, 6) is 1.48. The second-order valence-corrected chi connectivity index (χ2v) is 5.21. The molecule has 15 heavy (non-hydrogen) atoms. The third kappa shape index (κ3) is 4.70. The van der Waals surface area contributed by atoms with Crippen LogP contribution in [0.3, 0.4) is 0 Å². The lowest BCUT2D eigenvalue weighted by Gasteiger charge is -2.30. The first-order valence-corrected chi connectivity index (χ1v) is 6.20. The van der Waals surface area contributed by atoms with Gasteiger partial charge >= 0.3 is 0 Å². The van der Waals surface area contributed by atoms with E-state index in [0.717, 1.165) is 12.5 Å². The van der Waals surface area contributed by atoms with Crippen LogP contribution in [0.1, 0.15) is 33.1 Å². The normalized spacial score (nSPS) is 19.5. The Labute approximate surface area is 94.7 Å². The van der Waals surface area contributed by atoms with Crippen LogP contribution in [-0.2, 0) is 0 Å². The Balaban J connectivity index is 2.17. The number of rotatable bonds is 5. The summed E-state index contributed by atoms with van der Waals surface area (Å²) in [7, 11) is 2.20. The Kier molecular flexibility index (Phi) is 5.16. The average molecular weight is 210 g/mol. The highest BCUT2D eigenvalue weighted by molar-refractivity contribution is 4.99. The zero-order valence-electron chi connectivity index (χ0n) is 10.6. The van der Waals surface area contributed by atoms with E-state index in [4.69, 9.17) is 0 Å². The van der Waals surface area contributed by atoms with Gasteiger partial charge in [0.2, 0.25) is 0 Å². The Morgan fingerprint density at radius 1 is 1.40 bits per heavy atom. The first kappa shape index (κ1) is 12.6. The highest BCUT2D eigenvalue weighted by Gasteiger charge is 2.18. The van der Waals surface area contributed by atoms with E-state index in [1.807, 2.05) is 0 Å². The van der Waals surface area contributed by atoms with Gasteiger partial charge in [-0.05, 0) is 45.3 Å². The minimum absolute atomic E-state index is 0.702. The van der Waals surface area contributed by atoms with Crippen LogP contribution in [-0.4, -0.2) is 31.6 Å². The van der Waals surface area contributed by atoms with E-state index in [-0.39, 0.29) is 0 Å². The van der Waals surface area contributed by atoms with Crippen molar-refractivity contribution in [3.8, 4) is 0 Å². The SMILES string of the molecule is C=C(NCCC(C)C)C1CCN(C)CC1. The average Bonchev–Trinajstić information content (AvgIpc) is 2.18. The number of hydrogen-bond donors (Lipinski definition) is 1. The van der Waals surface area contributed by atoms with Crippen molar-refractivity contribution in [2.24, 2.45) is 11.8 Å². The van der Waals surface area contributed by atoms with Crippen molar-refractivity contribution in [1.82, 2.24) is 10.2 Å². The molecule has 0 aromatic carbocycles. The Hall–Kier alpha value is -0.500. The van der Waals surface area contributed by atoms with E-state index in [1.54, 1.807) is 0 Å². The maximum Gasteiger partial charge on any atom is 0.0146 e.